The summed E-state index contributed by atoms with van der Waals surface area (Å²) in [6, 6.07) is 8.17. The number of hydrogen-bond donors (Lipinski definition) is 1. The van der Waals surface area contributed by atoms with Crippen molar-refractivity contribution in [2.75, 3.05) is 5.73 Å². The fourth-order valence-electron chi connectivity index (χ4n) is 3.27. The number of nitrogens with zero attached hydrogens (tertiary/aromatic N) is 4. The SMILES string of the molecule is CCCC(=O)CCC(C)(C)n1nc(-c2ccc(C)cc2)c2c(N)ncnc21. The smallest absolute Gasteiger partial charge is 0.164 e. The molecule has 0 unspecified atom stereocenters. The summed E-state index contributed by atoms with van der Waals surface area (Å²) in [7, 11) is 0. The molecule has 0 fully saturated rings. The summed E-state index contributed by atoms with van der Waals surface area (Å²) in [4.78, 5) is 20.6. The molecule has 0 amide bonds. The Bertz CT molecular complexity index is 957. The predicted molar refractivity (Wildman–Crippen MR) is 108 cm³/mol. The van der Waals surface area contributed by atoms with Crippen LogP contribution in [0.5, 0.6) is 0 Å². The highest BCUT2D eigenvalue weighted by molar-refractivity contribution is 5.98. The van der Waals surface area contributed by atoms with Crippen LogP contribution in [0.25, 0.3) is 22.3 Å². The number of nitrogen functional groups attached to an aromatic ring is 1. The minimum atomic E-state index is -0.370. The van der Waals surface area contributed by atoms with E-state index < -0.39 is 0 Å². The molecule has 0 radical (unpaired) electrons. The number of carbonyl (C=O) groups excluding carboxylic acids is 1. The van der Waals surface area contributed by atoms with Gasteiger partial charge < -0.3 is 5.73 Å². The number of aromatic nitrogens is 4. The lowest BCUT2D eigenvalue weighted by molar-refractivity contribution is -0.119. The monoisotopic (exact) mass is 365 g/mol. The Morgan fingerprint density at radius 2 is 1.85 bits per heavy atom. The lowest BCUT2D eigenvalue weighted by Crippen LogP contribution is -2.28. The van der Waals surface area contributed by atoms with Crippen LogP contribution in [0.1, 0.15) is 52.0 Å². The fraction of sp³-hybridized carbons (Fsp3) is 0.429. The molecule has 6 heteroatoms. The van der Waals surface area contributed by atoms with Gasteiger partial charge in [0.05, 0.1) is 10.9 Å². The second kappa shape index (κ2) is 7.47. The van der Waals surface area contributed by atoms with Gasteiger partial charge in [0.1, 0.15) is 23.6 Å². The zero-order chi connectivity index (χ0) is 19.6. The van der Waals surface area contributed by atoms with E-state index in [-0.39, 0.29) is 11.3 Å². The number of benzene rings is 1. The zero-order valence-electron chi connectivity index (χ0n) is 16.5. The van der Waals surface area contributed by atoms with Gasteiger partial charge in [0, 0.05) is 18.4 Å². The van der Waals surface area contributed by atoms with Crippen molar-refractivity contribution < 1.29 is 4.79 Å². The molecular weight excluding hydrogens is 338 g/mol. The summed E-state index contributed by atoms with van der Waals surface area (Å²) >= 11 is 0. The molecule has 2 heterocycles. The maximum Gasteiger partial charge on any atom is 0.164 e. The Kier molecular flexibility index (Phi) is 5.26. The number of hydrogen-bond acceptors (Lipinski definition) is 5. The highest BCUT2D eigenvalue weighted by atomic mass is 16.1. The number of anilines is 1. The lowest BCUT2D eigenvalue weighted by atomic mass is 9.96. The normalized spacial score (nSPS) is 11.9. The Morgan fingerprint density at radius 1 is 1.15 bits per heavy atom. The average Bonchev–Trinajstić information content (AvgIpc) is 3.03. The molecule has 0 aliphatic carbocycles. The van der Waals surface area contributed by atoms with Crippen LogP contribution in [0, 0.1) is 6.92 Å². The van der Waals surface area contributed by atoms with E-state index in [2.05, 4.69) is 35.9 Å². The van der Waals surface area contributed by atoms with Gasteiger partial charge >= 0.3 is 0 Å². The quantitative estimate of drug-likeness (QED) is 0.676. The van der Waals surface area contributed by atoms with E-state index in [4.69, 9.17) is 10.8 Å². The first-order valence-corrected chi connectivity index (χ1v) is 9.42. The van der Waals surface area contributed by atoms with Gasteiger partial charge in [-0.2, -0.15) is 5.10 Å². The largest absolute Gasteiger partial charge is 0.383 e. The van der Waals surface area contributed by atoms with Crippen molar-refractivity contribution in [1.82, 2.24) is 19.7 Å². The molecule has 0 aliphatic heterocycles. The first kappa shape index (κ1) is 19.0. The van der Waals surface area contributed by atoms with Crippen molar-refractivity contribution in [2.24, 2.45) is 0 Å². The minimum absolute atomic E-state index is 0.287. The number of fused-ring (bicyclic) bond motifs is 1. The van der Waals surface area contributed by atoms with Gasteiger partial charge in [0.15, 0.2) is 5.65 Å². The molecule has 1 aromatic carbocycles. The van der Waals surface area contributed by atoms with Gasteiger partial charge in [-0.3, -0.25) is 4.79 Å². The van der Waals surface area contributed by atoms with Crippen LogP contribution in [-0.2, 0) is 10.3 Å². The Balaban J connectivity index is 2.07. The van der Waals surface area contributed by atoms with Gasteiger partial charge in [-0.1, -0.05) is 36.8 Å². The number of ketones is 1. The molecule has 142 valence electrons. The van der Waals surface area contributed by atoms with Crippen molar-refractivity contribution >= 4 is 22.6 Å². The average molecular weight is 365 g/mol. The molecule has 3 aromatic rings. The number of Topliss-reactive ketones (excluding diaryl/α,β-unsaturated/α-hetero) is 1. The van der Waals surface area contributed by atoms with Gasteiger partial charge in [0.25, 0.3) is 0 Å². The molecular formula is C21H27N5O. The van der Waals surface area contributed by atoms with Crippen LogP contribution in [0.4, 0.5) is 5.82 Å². The zero-order valence-corrected chi connectivity index (χ0v) is 16.5. The van der Waals surface area contributed by atoms with Crippen LogP contribution in [-0.4, -0.2) is 25.5 Å². The third kappa shape index (κ3) is 3.84. The number of aryl methyl sites for hydroxylation is 1. The topological polar surface area (TPSA) is 86.7 Å². The molecule has 0 bridgehead atoms. The maximum atomic E-state index is 12.0. The van der Waals surface area contributed by atoms with E-state index >= 15 is 0 Å². The molecule has 0 saturated heterocycles. The van der Waals surface area contributed by atoms with Crippen LogP contribution in [0.3, 0.4) is 0 Å². The third-order valence-corrected chi connectivity index (χ3v) is 4.94. The lowest BCUT2D eigenvalue weighted by Gasteiger charge is -2.25. The van der Waals surface area contributed by atoms with E-state index in [9.17, 15) is 4.79 Å². The van der Waals surface area contributed by atoms with Crippen LogP contribution >= 0.6 is 0 Å². The van der Waals surface area contributed by atoms with E-state index in [1.54, 1.807) is 0 Å². The molecule has 2 N–H and O–H groups in total. The number of rotatable bonds is 7. The minimum Gasteiger partial charge on any atom is -0.383 e. The molecule has 3 rings (SSSR count). The second-order valence-electron chi connectivity index (χ2n) is 7.69. The van der Waals surface area contributed by atoms with Gasteiger partial charge in [-0.05, 0) is 33.6 Å². The summed E-state index contributed by atoms with van der Waals surface area (Å²) in [5.41, 5.74) is 9.45. The fourth-order valence-corrected chi connectivity index (χ4v) is 3.27. The van der Waals surface area contributed by atoms with E-state index in [1.165, 1.54) is 11.9 Å². The Labute approximate surface area is 159 Å². The third-order valence-electron chi connectivity index (χ3n) is 4.94. The van der Waals surface area contributed by atoms with Crippen LogP contribution in [0.15, 0.2) is 30.6 Å². The molecule has 2 aromatic heterocycles. The van der Waals surface area contributed by atoms with Crippen molar-refractivity contribution in [3.8, 4) is 11.3 Å². The standard InChI is InChI=1S/C21H27N5O/c1-5-6-16(27)11-12-21(3,4)26-20-17(19(22)23-13-24-20)18(25-26)15-9-7-14(2)8-10-15/h7-10,13H,5-6,11-12H2,1-4H3,(H2,22,23,24). The molecule has 0 spiro atoms. The van der Waals surface area contributed by atoms with E-state index in [0.717, 1.165) is 23.1 Å². The summed E-state index contributed by atoms with van der Waals surface area (Å²) in [6.45, 7) is 8.23. The summed E-state index contributed by atoms with van der Waals surface area (Å²) < 4.78 is 1.90. The first-order valence-electron chi connectivity index (χ1n) is 9.42. The van der Waals surface area contributed by atoms with Crippen molar-refractivity contribution in [1.29, 1.82) is 0 Å². The van der Waals surface area contributed by atoms with Gasteiger partial charge in [0.2, 0.25) is 0 Å². The first-order chi connectivity index (χ1) is 12.8. The van der Waals surface area contributed by atoms with Crippen molar-refractivity contribution in [3.05, 3.63) is 36.2 Å². The Hall–Kier alpha value is -2.76. The highest BCUT2D eigenvalue weighted by Crippen LogP contribution is 2.34. The van der Waals surface area contributed by atoms with Crippen molar-refractivity contribution in [3.63, 3.8) is 0 Å². The van der Waals surface area contributed by atoms with E-state index in [0.29, 0.717) is 30.7 Å². The second-order valence-corrected chi connectivity index (χ2v) is 7.69. The predicted octanol–water partition coefficient (Wildman–Crippen LogP) is 4.27. The van der Waals surface area contributed by atoms with Crippen LogP contribution in [0.2, 0.25) is 0 Å². The molecule has 6 nitrogen and oxygen atoms in total. The van der Waals surface area contributed by atoms with E-state index in [1.807, 2.05) is 30.7 Å². The number of nitrogens with two attached hydrogens (primary N) is 1. The Morgan fingerprint density at radius 3 is 2.52 bits per heavy atom. The molecule has 27 heavy (non-hydrogen) atoms. The molecule has 0 aliphatic rings. The summed E-state index contributed by atoms with van der Waals surface area (Å²) in [5, 5.41) is 5.63. The molecule has 0 saturated carbocycles. The summed E-state index contributed by atoms with van der Waals surface area (Å²) in [5.74, 6) is 0.703. The summed E-state index contributed by atoms with van der Waals surface area (Å²) in [6.07, 6.45) is 4.19. The molecule has 0 atom stereocenters. The van der Waals surface area contributed by atoms with Gasteiger partial charge in [-0.15, -0.1) is 0 Å². The van der Waals surface area contributed by atoms with Gasteiger partial charge in [-0.25, -0.2) is 14.6 Å². The van der Waals surface area contributed by atoms with Crippen molar-refractivity contribution in [2.45, 2.75) is 58.9 Å². The highest BCUT2D eigenvalue weighted by Gasteiger charge is 2.28. The maximum absolute atomic E-state index is 12.0. The van der Waals surface area contributed by atoms with Crippen LogP contribution < -0.4 is 5.73 Å². The number of carbonyl (C=O) groups is 1.